The summed E-state index contributed by atoms with van der Waals surface area (Å²) in [7, 11) is 1.53. The van der Waals surface area contributed by atoms with Gasteiger partial charge in [-0.3, -0.25) is 9.59 Å². The third kappa shape index (κ3) is 5.81. The Morgan fingerprint density at radius 2 is 1.90 bits per heavy atom. The van der Waals surface area contributed by atoms with Crippen LogP contribution < -0.4 is 14.8 Å². The molecule has 1 aliphatic rings. The van der Waals surface area contributed by atoms with E-state index in [0.29, 0.717) is 24.3 Å². The number of methoxy groups -OCH3 is 1. The number of nitrogens with zero attached hydrogens (tertiary/aromatic N) is 1. The lowest BCUT2D eigenvalue weighted by Gasteiger charge is -2.36. The van der Waals surface area contributed by atoms with Crippen molar-refractivity contribution in [1.29, 1.82) is 0 Å². The number of rotatable bonds is 7. The average molecular weight is 396 g/mol. The highest BCUT2D eigenvalue weighted by Crippen LogP contribution is 2.28. The molecule has 0 spiro atoms. The Hall–Kier alpha value is -2.86. The zero-order chi connectivity index (χ0) is 20.6. The summed E-state index contributed by atoms with van der Waals surface area (Å²) in [6.07, 6.45) is 1.89. The number of aryl methyl sites for hydroxylation is 1. The van der Waals surface area contributed by atoms with Crippen LogP contribution in [0.1, 0.15) is 24.5 Å². The molecule has 29 heavy (non-hydrogen) atoms. The zero-order valence-corrected chi connectivity index (χ0v) is 17.0. The van der Waals surface area contributed by atoms with Crippen LogP contribution in [0.25, 0.3) is 0 Å². The van der Waals surface area contributed by atoms with Crippen molar-refractivity contribution in [1.82, 2.24) is 10.2 Å². The van der Waals surface area contributed by atoms with E-state index in [1.807, 2.05) is 35.2 Å². The lowest BCUT2D eigenvalue weighted by molar-refractivity contribution is -0.134. The monoisotopic (exact) mass is 396 g/mol. The molecule has 0 radical (unpaired) electrons. The molecule has 1 unspecified atom stereocenters. The molecule has 1 atom stereocenters. The molecule has 2 aromatic rings. The first-order chi connectivity index (χ1) is 14.1. The second-order valence-corrected chi connectivity index (χ2v) is 7.21. The molecule has 1 amide bonds. The normalized spacial score (nSPS) is 16.3. The van der Waals surface area contributed by atoms with Gasteiger partial charge < -0.3 is 19.7 Å². The van der Waals surface area contributed by atoms with Gasteiger partial charge in [0.15, 0.2) is 11.5 Å². The summed E-state index contributed by atoms with van der Waals surface area (Å²) in [5.41, 5.74) is 2.21. The van der Waals surface area contributed by atoms with Gasteiger partial charge in [-0.05, 0) is 36.1 Å². The first-order valence-corrected chi connectivity index (χ1v) is 9.96. The number of amides is 1. The van der Waals surface area contributed by atoms with Gasteiger partial charge in [-0.25, -0.2) is 0 Å². The van der Waals surface area contributed by atoms with E-state index < -0.39 is 5.97 Å². The van der Waals surface area contributed by atoms with E-state index in [1.165, 1.54) is 19.6 Å². The molecule has 1 N–H and O–H groups in total. The van der Waals surface area contributed by atoms with E-state index >= 15 is 0 Å². The first-order valence-electron chi connectivity index (χ1n) is 9.96. The Kier molecular flexibility index (Phi) is 7.25. The summed E-state index contributed by atoms with van der Waals surface area (Å²) in [6.45, 7) is 3.71. The van der Waals surface area contributed by atoms with Crippen LogP contribution >= 0.6 is 0 Å². The molecule has 1 aliphatic heterocycles. The van der Waals surface area contributed by atoms with Crippen molar-refractivity contribution in [3.63, 3.8) is 0 Å². The van der Waals surface area contributed by atoms with Crippen LogP contribution in [-0.4, -0.2) is 49.6 Å². The molecule has 0 bridgehead atoms. The Morgan fingerprint density at radius 1 is 1.10 bits per heavy atom. The summed E-state index contributed by atoms with van der Waals surface area (Å²) >= 11 is 0. The van der Waals surface area contributed by atoms with Crippen molar-refractivity contribution >= 4 is 11.9 Å². The van der Waals surface area contributed by atoms with E-state index in [-0.39, 0.29) is 11.9 Å². The predicted molar refractivity (Wildman–Crippen MR) is 111 cm³/mol. The number of esters is 1. The summed E-state index contributed by atoms with van der Waals surface area (Å²) in [5, 5.41) is 3.40. The Labute approximate surface area is 171 Å². The molecule has 3 rings (SSSR count). The van der Waals surface area contributed by atoms with E-state index in [4.69, 9.17) is 9.47 Å². The molecular weight excluding hydrogens is 368 g/mol. The molecule has 1 heterocycles. The fourth-order valence-electron chi connectivity index (χ4n) is 3.66. The molecule has 0 saturated carbocycles. The number of carbonyl (C=O) groups excluding carboxylic acids is 2. The van der Waals surface area contributed by atoms with Crippen LogP contribution in [0, 0.1) is 0 Å². The van der Waals surface area contributed by atoms with Crippen LogP contribution in [0.3, 0.4) is 0 Å². The summed E-state index contributed by atoms with van der Waals surface area (Å²) in [4.78, 5) is 26.1. The van der Waals surface area contributed by atoms with Crippen molar-refractivity contribution in [2.75, 3.05) is 26.7 Å². The predicted octanol–water partition coefficient (Wildman–Crippen LogP) is 2.60. The number of hydrogen-bond donors (Lipinski definition) is 1. The number of hydrogen-bond acceptors (Lipinski definition) is 5. The third-order valence-corrected chi connectivity index (χ3v) is 5.09. The summed E-state index contributed by atoms with van der Waals surface area (Å²) in [6, 6.07) is 15.9. The van der Waals surface area contributed by atoms with E-state index in [1.54, 1.807) is 6.07 Å². The van der Waals surface area contributed by atoms with Gasteiger partial charge in [-0.2, -0.15) is 0 Å². The van der Waals surface area contributed by atoms with Crippen LogP contribution in [0.15, 0.2) is 48.5 Å². The van der Waals surface area contributed by atoms with Gasteiger partial charge in [0.05, 0.1) is 7.11 Å². The van der Waals surface area contributed by atoms with Gasteiger partial charge in [-0.15, -0.1) is 0 Å². The van der Waals surface area contributed by atoms with E-state index in [9.17, 15) is 9.59 Å². The van der Waals surface area contributed by atoms with E-state index in [2.05, 4.69) is 17.4 Å². The maximum absolute atomic E-state index is 12.9. The second-order valence-electron chi connectivity index (χ2n) is 7.21. The molecule has 1 saturated heterocycles. The third-order valence-electron chi connectivity index (χ3n) is 5.09. The highest BCUT2D eigenvalue weighted by molar-refractivity contribution is 5.77. The number of benzene rings is 2. The molecular formula is C23H28N2O4. The molecule has 0 aromatic heterocycles. The van der Waals surface area contributed by atoms with E-state index in [0.717, 1.165) is 31.6 Å². The fraction of sp³-hybridized carbons (Fsp3) is 0.391. The Morgan fingerprint density at radius 3 is 2.62 bits per heavy atom. The van der Waals surface area contributed by atoms with Gasteiger partial charge >= 0.3 is 5.97 Å². The maximum atomic E-state index is 12.9. The quantitative estimate of drug-likeness (QED) is 0.576. The van der Waals surface area contributed by atoms with Crippen LogP contribution in [0.4, 0.5) is 0 Å². The zero-order valence-electron chi connectivity index (χ0n) is 17.0. The number of ether oxygens (including phenoxy) is 2. The highest BCUT2D eigenvalue weighted by Gasteiger charge is 2.26. The summed E-state index contributed by atoms with van der Waals surface area (Å²) in [5.74, 6) is 0.652. The Bertz CT molecular complexity index is 838. The van der Waals surface area contributed by atoms with Gasteiger partial charge in [0.2, 0.25) is 5.91 Å². The highest BCUT2D eigenvalue weighted by atomic mass is 16.6. The van der Waals surface area contributed by atoms with Crippen LogP contribution in [0.5, 0.6) is 11.5 Å². The van der Waals surface area contributed by atoms with Gasteiger partial charge in [0.1, 0.15) is 0 Å². The maximum Gasteiger partial charge on any atom is 0.308 e. The van der Waals surface area contributed by atoms with Crippen molar-refractivity contribution in [3.8, 4) is 11.5 Å². The van der Waals surface area contributed by atoms with Crippen molar-refractivity contribution in [2.45, 2.75) is 32.2 Å². The molecule has 6 heteroatoms. The molecule has 2 aromatic carbocycles. The van der Waals surface area contributed by atoms with Gasteiger partial charge in [-0.1, -0.05) is 36.4 Å². The lowest BCUT2D eigenvalue weighted by Crippen LogP contribution is -2.54. The topological polar surface area (TPSA) is 67.9 Å². The smallest absolute Gasteiger partial charge is 0.308 e. The molecule has 0 aliphatic carbocycles. The minimum absolute atomic E-state index is 0.162. The second kappa shape index (κ2) is 10.1. The van der Waals surface area contributed by atoms with Gasteiger partial charge in [0.25, 0.3) is 0 Å². The van der Waals surface area contributed by atoms with Crippen molar-refractivity contribution < 1.29 is 19.1 Å². The fourth-order valence-corrected chi connectivity index (χ4v) is 3.66. The van der Waals surface area contributed by atoms with Crippen molar-refractivity contribution in [3.05, 3.63) is 59.7 Å². The minimum Gasteiger partial charge on any atom is -0.493 e. The molecule has 6 nitrogen and oxygen atoms in total. The standard InChI is InChI=1S/C23H28N2O4/c1-17(26)29-21-10-8-19(15-22(21)28-2)9-11-23(27)25-13-12-24-16-20(25)14-18-6-4-3-5-7-18/h3-8,10,15,20,24H,9,11-14,16H2,1-2H3. The largest absolute Gasteiger partial charge is 0.493 e. The summed E-state index contributed by atoms with van der Waals surface area (Å²) < 4.78 is 10.4. The number of nitrogens with one attached hydrogen (secondary N) is 1. The number of piperazine rings is 1. The van der Waals surface area contributed by atoms with Gasteiger partial charge in [0, 0.05) is 39.0 Å². The van der Waals surface area contributed by atoms with Crippen LogP contribution in [-0.2, 0) is 22.4 Å². The Balaban J connectivity index is 1.62. The SMILES string of the molecule is COc1cc(CCC(=O)N2CCNCC2Cc2ccccc2)ccc1OC(C)=O. The molecule has 154 valence electrons. The average Bonchev–Trinajstić information content (AvgIpc) is 2.73. The molecule has 1 fully saturated rings. The van der Waals surface area contributed by atoms with Crippen LogP contribution in [0.2, 0.25) is 0 Å². The van der Waals surface area contributed by atoms with Crippen molar-refractivity contribution in [2.24, 2.45) is 0 Å². The minimum atomic E-state index is -0.394. The lowest BCUT2D eigenvalue weighted by atomic mass is 10.0. The number of carbonyl (C=O) groups is 2. The first kappa shape index (κ1) is 20.9.